The highest BCUT2D eigenvalue weighted by atomic mass is 14.2. The van der Waals surface area contributed by atoms with Crippen molar-refractivity contribution in [3.63, 3.8) is 0 Å². The lowest BCUT2D eigenvalue weighted by Crippen LogP contribution is -1.84. The van der Waals surface area contributed by atoms with Crippen molar-refractivity contribution in [2.24, 2.45) is 11.8 Å². The van der Waals surface area contributed by atoms with Gasteiger partial charge in [-0.15, -0.1) is 0 Å². The minimum absolute atomic E-state index is 1.02. The molecule has 0 aromatic carbocycles. The first kappa shape index (κ1) is 13.6. The fourth-order valence-electron chi connectivity index (χ4n) is 1.49. The molecule has 0 N–H and O–H groups in total. The van der Waals surface area contributed by atoms with Crippen molar-refractivity contribution in [1.29, 1.82) is 0 Å². The van der Waals surface area contributed by atoms with Crippen molar-refractivity contribution < 1.29 is 0 Å². The van der Waals surface area contributed by atoms with Gasteiger partial charge in [-0.25, -0.2) is 0 Å². The van der Waals surface area contributed by atoms with Gasteiger partial charge in [0.25, 0.3) is 0 Å². The van der Waals surface area contributed by atoms with Crippen molar-refractivity contribution in [2.45, 2.75) is 60.8 Å². The molecule has 0 spiro atoms. The smallest absolute Gasteiger partial charge is 0.0440 e. The summed E-state index contributed by atoms with van der Waals surface area (Å²) in [6.07, 6.45) is 4.42. The maximum absolute atomic E-state index is 2.35. The second kappa shape index (κ2) is 10.0. The van der Waals surface area contributed by atoms with Crippen molar-refractivity contribution >= 4 is 0 Å². The van der Waals surface area contributed by atoms with Gasteiger partial charge < -0.3 is 0 Å². The van der Waals surface area contributed by atoms with E-state index in [0.29, 0.717) is 0 Å². The lowest BCUT2D eigenvalue weighted by Gasteiger charge is -1.96. The molecule has 1 aliphatic rings. The first-order chi connectivity index (χ1) is 5.29. The van der Waals surface area contributed by atoms with E-state index in [1.807, 2.05) is 27.7 Å². The van der Waals surface area contributed by atoms with Crippen LogP contribution in [0.3, 0.4) is 0 Å². The molecule has 0 unspecified atom stereocenters. The van der Waals surface area contributed by atoms with Crippen LogP contribution in [0.5, 0.6) is 0 Å². The van der Waals surface area contributed by atoms with E-state index in [1.165, 1.54) is 19.3 Å². The molecular formula is C11H26. The lowest BCUT2D eigenvalue weighted by molar-refractivity contribution is 0.555. The summed E-state index contributed by atoms with van der Waals surface area (Å²) in [6.45, 7) is 12.7. The van der Waals surface area contributed by atoms with Crippen molar-refractivity contribution in [1.82, 2.24) is 0 Å². The molecule has 1 rings (SSSR count). The fraction of sp³-hybridized carbons (Fsp3) is 1.00. The maximum atomic E-state index is 2.35. The Labute approximate surface area is 73.4 Å². The van der Waals surface area contributed by atoms with Crippen LogP contribution in [0.1, 0.15) is 60.8 Å². The molecular weight excluding hydrogens is 132 g/mol. The SMILES string of the molecule is CC.CC.C[C@@H]1CC[C@H](C)C1. The van der Waals surface area contributed by atoms with E-state index in [9.17, 15) is 0 Å². The molecule has 0 nitrogen and oxygen atoms in total. The average molecular weight is 158 g/mol. The maximum Gasteiger partial charge on any atom is -0.0440 e. The number of rotatable bonds is 0. The Bertz CT molecular complexity index is 49.1. The Morgan fingerprint density at radius 1 is 0.727 bits per heavy atom. The molecule has 0 aliphatic heterocycles. The fourth-order valence-corrected chi connectivity index (χ4v) is 1.49. The summed E-state index contributed by atoms with van der Waals surface area (Å²) in [7, 11) is 0. The molecule has 0 heterocycles. The van der Waals surface area contributed by atoms with Crippen LogP contribution in [0.25, 0.3) is 0 Å². The predicted molar refractivity (Wildman–Crippen MR) is 54.9 cm³/mol. The molecule has 1 saturated carbocycles. The second-order valence-corrected chi connectivity index (χ2v) is 3.02. The molecule has 0 radical (unpaired) electrons. The Kier molecular flexibility index (Phi) is 12.3. The van der Waals surface area contributed by atoms with Crippen LogP contribution in [-0.4, -0.2) is 0 Å². The van der Waals surface area contributed by atoms with Gasteiger partial charge in [-0.2, -0.15) is 0 Å². The van der Waals surface area contributed by atoms with Crippen molar-refractivity contribution in [3.05, 3.63) is 0 Å². The zero-order valence-corrected chi connectivity index (χ0v) is 9.28. The largest absolute Gasteiger partial charge is 0.0683 e. The van der Waals surface area contributed by atoms with E-state index in [4.69, 9.17) is 0 Å². The Morgan fingerprint density at radius 2 is 1.00 bits per heavy atom. The summed E-state index contributed by atoms with van der Waals surface area (Å²) in [5, 5.41) is 0. The molecule has 0 bridgehead atoms. The summed E-state index contributed by atoms with van der Waals surface area (Å²) in [4.78, 5) is 0. The predicted octanol–water partition coefficient (Wildman–Crippen LogP) is 4.49. The molecule has 1 aliphatic carbocycles. The van der Waals surface area contributed by atoms with E-state index in [-0.39, 0.29) is 0 Å². The zero-order chi connectivity index (χ0) is 9.28. The van der Waals surface area contributed by atoms with Crippen LogP contribution in [0.2, 0.25) is 0 Å². The molecule has 0 heteroatoms. The van der Waals surface area contributed by atoms with Crippen molar-refractivity contribution in [2.75, 3.05) is 0 Å². The highest BCUT2D eigenvalue weighted by Crippen LogP contribution is 2.29. The Balaban J connectivity index is 0. The van der Waals surface area contributed by atoms with Gasteiger partial charge in [-0.1, -0.05) is 54.4 Å². The molecule has 11 heavy (non-hydrogen) atoms. The molecule has 2 atom stereocenters. The van der Waals surface area contributed by atoms with Gasteiger partial charge >= 0.3 is 0 Å². The molecule has 1 fully saturated rings. The molecule has 0 aromatic heterocycles. The lowest BCUT2D eigenvalue weighted by atomic mass is 10.1. The van der Waals surface area contributed by atoms with E-state index in [2.05, 4.69) is 13.8 Å². The average Bonchev–Trinajstić information content (AvgIpc) is 2.43. The van der Waals surface area contributed by atoms with E-state index in [1.54, 1.807) is 0 Å². The summed E-state index contributed by atoms with van der Waals surface area (Å²) in [5.41, 5.74) is 0. The number of hydrogen-bond acceptors (Lipinski definition) is 0. The second-order valence-electron chi connectivity index (χ2n) is 3.02. The molecule has 0 saturated heterocycles. The van der Waals surface area contributed by atoms with Crippen LogP contribution in [-0.2, 0) is 0 Å². The van der Waals surface area contributed by atoms with Gasteiger partial charge in [-0.05, 0) is 18.3 Å². The minimum atomic E-state index is 1.02. The van der Waals surface area contributed by atoms with Gasteiger partial charge in [-0.3, -0.25) is 0 Å². The summed E-state index contributed by atoms with van der Waals surface area (Å²) < 4.78 is 0. The van der Waals surface area contributed by atoms with Crippen molar-refractivity contribution in [3.8, 4) is 0 Å². The summed E-state index contributed by atoms with van der Waals surface area (Å²) in [6, 6.07) is 0. The first-order valence-corrected chi connectivity index (χ1v) is 5.29. The van der Waals surface area contributed by atoms with Crippen LogP contribution in [0.4, 0.5) is 0 Å². The highest BCUT2D eigenvalue weighted by molar-refractivity contribution is 4.68. The highest BCUT2D eigenvalue weighted by Gasteiger charge is 2.15. The first-order valence-electron chi connectivity index (χ1n) is 5.29. The van der Waals surface area contributed by atoms with Crippen LogP contribution >= 0.6 is 0 Å². The van der Waals surface area contributed by atoms with Gasteiger partial charge in [0.2, 0.25) is 0 Å². The van der Waals surface area contributed by atoms with Gasteiger partial charge in [0.15, 0.2) is 0 Å². The summed E-state index contributed by atoms with van der Waals surface area (Å²) in [5.74, 6) is 2.05. The third-order valence-electron chi connectivity index (χ3n) is 1.96. The third-order valence-corrected chi connectivity index (χ3v) is 1.96. The standard InChI is InChI=1S/C7H14.2C2H6/c1-6-3-4-7(2)5-6;2*1-2/h6-7H,3-5H2,1-2H3;2*1-2H3/t6-,7+;;. The van der Waals surface area contributed by atoms with Gasteiger partial charge in [0, 0.05) is 0 Å². The van der Waals surface area contributed by atoms with Crippen LogP contribution in [0.15, 0.2) is 0 Å². The van der Waals surface area contributed by atoms with E-state index in [0.717, 1.165) is 11.8 Å². The molecule has 70 valence electrons. The van der Waals surface area contributed by atoms with Crippen LogP contribution < -0.4 is 0 Å². The minimum Gasteiger partial charge on any atom is -0.0683 e. The Hall–Kier alpha value is 0. The third kappa shape index (κ3) is 7.90. The normalized spacial score (nSPS) is 27.8. The van der Waals surface area contributed by atoms with E-state index < -0.39 is 0 Å². The topological polar surface area (TPSA) is 0 Å². The molecule has 0 amide bonds. The van der Waals surface area contributed by atoms with Gasteiger partial charge in [0.1, 0.15) is 0 Å². The van der Waals surface area contributed by atoms with Crippen LogP contribution in [0, 0.1) is 11.8 Å². The van der Waals surface area contributed by atoms with Gasteiger partial charge in [0.05, 0.1) is 0 Å². The zero-order valence-electron chi connectivity index (χ0n) is 9.28. The number of hydrogen-bond donors (Lipinski definition) is 0. The molecule has 0 aromatic rings. The Morgan fingerprint density at radius 3 is 1.09 bits per heavy atom. The quantitative estimate of drug-likeness (QED) is 0.487. The van der Waals surface area contributed by atoms with E-state index >= 15 is 0 Å². The monoisotopic (exact) mass is 158 g/mol. The summed E-state index contributed by atoms with van der Waals surface area (Å²) >= 11 is 0.